The summed E-state index contributed by atoms with van der Waals surface area (Å²) in [7, 11) is 0. The molecule has 0 radical (unpaired) electrons. The molecule has 0 aromatic heterocycles. The molecule has 0 atom stereocenters. The molecule has 1 aliphatic rings. The zero-order chi connectivity index (χ0) is 20.8. The topological polar surface area (TPSA) is 76.7 Å². The zero-order valence-electron chi connectivity index (χ0n) is 15.5. The molecule has 152 valence electrons. The first kappa shape index (κ1) is 20.8. The zero-order valence-corrected chi connectivity index (χ0v) is 16.3. The molecule has 3 N–H and O–H groups in total. The molecule has 2 aromatic rings. The summed E-state index contributed by atoms with van der Waals surface area (Å²) in [6, 6.07) is 8.56. The third kappa shape index (κ3) is 6.02. The van der Waals surface area contributed by atoms with E-state index in [1.807, 2.05) is 12.1 Å². The second-order valence-electron chi connectivity index (χ2n) is 6.66. The Balaban J connectivity index is 1.56. The van der Waals surface area contributed by atoms with Crippen molar-refractivity contribution in [1.29, 1.82) is 0 Å². The summed E-state index contributed by atoms with van der Waals surface area (Å²) >= 11 is 6.20. The number of rotatable bonds is 8. The molecule has 8 heteroatoms. The maximum Gasteiger partial charge on any atom is 0.284 e. The number of nitrogens with zero attached hydrogens (tertiary/aromatic N) is 1. The minimum absolute atomic E-state index is 0.197. The fourth-order valence-corrected chi connectivity index (χ4v) is 2.69. The summed E-state index contributed by atoms with van der Waals surface area (Å²) in [4.78, 5) is 15.4. The molecule has 0 bridgehead atoms. The lowest BCUT2D eigenvalue weighted by Gasteiger charge is -2.09. The van der Waals surface area contributed by atoms with Crippen molar-refractivity contribution in [3.63, 3.8) is 0 Å². The van der Waals surface area contributed by atoms with Gasteiger partial charge in [0.1, 0.15) is 28.8 Å². The first-order chi connectivity index (χ1) is 13.9. The van der Waals surface area contributed by atoms with Gasteiger partial charge >= 0.3 is 0 Å². The largest absolute Gasteiger partial charge is 0.493 e. The quantitative estimate of drug-likeness (QED) is 0.496. The van der Waals surface area contributed by atoms with Crippen LogP contribution in [0.4, 0.5) is 8.78 Å². The molecule has 0 spiro atoms. The van der Waals surface area contributed by atoms with Gasteiger partial charge in [0, 0.05) is 17.8 Å². The Morgan fingerprint density at radius 3 is 2.69 bits per heavy atom. The Morgan fingerprint density at radius 2 is 2.00 bits per heavy atom. The summed E-state index contributed by atoms with van der Waals surface area (Å²) in [5.41, 5.74) is 5.71. The van der Waals surface area contributed by atoms with Crippen LogP contribution >= 0.6 is 11.6 Å². The first-order valence-electron chi connectivity index (χ1n) is 9.07. The van der Waals surface area contributed by atoms with Crippen LogP contribution in [-0.4, -0.2) is 18.3 Å². The van der Waals surface area contributed by atoms with Gasteiger partial charge in [0.2, 0.25) is 0 Å². The average Bonchev–Trinajstić information content (AvgIpc) is 3.49. The van der Waals surface area contributed by atoms with Crippen molar-refractivity contribution in [1.82, 2.24) is 5.32 Å². The molecular weight excluding hydrogens is 400 g/mol. The molecule has 29 heavy (non-hydrogen) atoms. The van der Waals surface area contributed by atoms with Crippen molar-refractivity contribution in [2.24, 2.45) is 16.6 Å². The number of amides is 1. The second kappa shape index (κ2) is 9.52. The number of carbonyl (C=O) groups excluding carboxylic acids is 1. The van der Waals surface area contributed by atoms with Crippen LogP contribution in [0.3, 0.4) is 0 Å². The van der Waals surface area contributed by atoms with E-state index in [1.54, 1.807) is 6.07 Å². The van der Waals surface area contributed by atoms with Gasteiger partial charge in [0.05, 0.1) is 6.61 Å². The van der Waals surface area contributed by atoms with Crippen LogP contribution < -0.4 is 15.8 Å². The second-order valence-corrected chi connectivity index (χ2v) is 7.07. The standard InChI is InChI=1S/C21H20ClF2N3O2/c22-16-7-6-15(29-12-13-4-5-13)10-14(16)11-26-9-8-19(25)27-21(28)20-17(23)2-1-3-18(20)24/h1-3,6-10,13,26H,4-5,11-12H2,(H2,25,27,28)/b9-8-. The van der Waals surface area contributed by atoms with Crippen molar-refractivity contribution in [3.8, 4) is 5.75 Å². The lowest BCUT2D eigenvalue weighted by Crippen LogP contribution is -2.15. The van der Waals surface area contributed by atoms with Crippen LogP contribution in [0.1, 0.15) is 28.8 Å². The van der Waals surface area contributed by atoms with Crippen molar-refractivity contribution < 1.29 is 18.3 Å². The van der Waals surface area contributed by atoms with Crippen molar-refractivity contribution in [2.75, 3.05) is 6.61 Å². The van der Waals surface area contributed by atoms with Crippen LogP contribution in [0.2, 0.25) is 5.02 Å². The molecule has 3 rings (SSSR count). The van der Waals surface area contributed by atoms with E-state index in [0.29, 0.717) is 24.1 Å². The monoisotopic (exact) mass is 419 g/mol. The van der Waals surface area contributed by atoms with Gasteiger partial charge in [0.15, 0.2) is 0 Å². The van der Waals surface area contributed by atoms with Gasteiger partial charge in [-0.25, -0.2) is 8.78 Å². The highest BCUT2D eigenvalue weighted by Crippen LogP contribution is 2.30. The number of ether oxygens (including phenoxy) is 1. The summed E-state index contributed by atoms with van der Waals surface area (Å²) in [6.45, 7) is 1.09. The van der Waals surface area contributed by atoms with Gasteiger partial charge in [-0.3, -0.25) is 4.79 Å². The number of hydrogen-bond acceptors (Lipinski definition) is 3. The highest BCUT2D eigenvalue weighted by Gasteiger charge is 2.22. The summed E-state index contributed by atoms with van der Waals surface area (Å²) in [5, 5.41) is 3.55. The third-order valence-electron chi connectivity index (χ3n) is 4.27. The number of nitrogens with one attached hydrogen (secondary N) is 1. The van der Waals surface area contributed by atoms with Crippen LogP contribution in [0.15, 0.2) is 53.7 Å². The molecule has 0 heterocycles. The highest BCUT2D eigenvalue weighted by molar-refractivity contribution is 6.31. The SMILES string of the molecule is NC(/C=C\NCc1cc(OCC2CC2)ccc1Cl)=NC(=O)c1c(F)cccc1F. The maximum atomic E-state index is 13.6. The first-order valence-corrected chi connectivity index (χ1v) is 9.45. The number of halogens is 3. The molecule has 1 saturated carbocycles. The van der Waals surface area contributed by atoms with Crippen molar-refractivity contribution in [2.45, 2.75) is 19.4 Å². The van der Waals surface area contributed by atoms with Gasteiger partial charge in [-0.1, -0.05) is 17.7 Å². The summed E-state index contributed by atoms with van der Waals surface area (Å²) < 4.78 is 32.9. The molecule has 1 fully saturated rings. The lowest BCUT2D eigenvalue weighted by atomic mass is 10.2. The number of nitrogens with two attached hydrogens (primary N) is 1. The normalized spacial score (nSPS) is 14.2. The van der Waals surface area contributed by atoms with E-state index >= 15 is 0 Å². The van der Waals surface area contributed by atoms with Gasteiger partial charge in [-0.15, -0.1) is 0 Å². The Bertz CT molecular complexity index is 939. The fourth-order valence-electron chi connectivity index (χ4n) is 2.50. The average molecular weight is 420 g/mol. The van der Waals surface area contributed by atoms with Gasteiger partial charge < -0.3 is 15.8 Å². The molecule has 0 saturated heterocycles. The molecule has 0 aliphatic heterocycles. The summed E-state index contributed by atoms with van der Waals surface area (Å²) in [6.07, 6.45) is 5.21. The molecular formula is C21H20ClF2N3O2. The minimum atomic E-state index is -1.09. The number of amidine groups is 1. The van der Waals surface area contributed by atoms with E-state index < -0.39 is 23.1 Å². The van der Waals surface area contributed by atoms with Crippen LogP contribution in [0.25, 0.3) is 0 Å². The van der Waals surface area contributed by atoms with Crippen molar-refractivity contribution >= 4 is 23.3 Å². The van der Waals surface area contributed by atoms with Gasteiger partial charge in [-0.05, 0) is 60.7 Å². The number of hydrogen-bond donors (Lipinski definition) is 2. The number of aliphatic imine (C=N–C) groups is 1. The van der Waals surface area contributed by atoms with E-state index in [1.165, 1.54) is 25.1 Å². The Morgan fingerprint density at radius 1 is 1.28 bits per heavy atom. The Kier molecular flexibility index (Phi) is 6.82. The predicted octanol–water partition coefficient (Wildman–Crippen LogP) is 4.21. The Hall–Kier alpha value is -2.93. The van der Waals surface area contributed by atoms with E-state index in [2.05, 4.69) is 10.3 Å². The number of benzene rings is 2. The minimum Gasteiger partial charge on any atom is -0.493 e. The van der Waals surface area contributed by atoms with Crippen molar-refractivity contribution in [3.05, 3.63) is 76.5 Å². The van der Waals surface area contributed by atoms with E-state index in [0.717, 1.165) is 29.5 Å². The third-order valence-corrected chi connectivity index (χ3v) is 4.64. The van der Waals surface area contributed by atoms with Crippen LogP contribution in [0.5, 0.6) is 5.75 Å². The van der Waals surface area contributed by atoms with E-state index in [4.69, 9.17) is 22.1 Å². The van der Waals surface area contributed by atoms with Crippen LogP contribution in [-0.2, 0) is 6.54 Å². The highest BCUT2D eigenvalue weighted by atomic mass is 35.5. The molecule has 1 amide bonds. The molecule has 5 nitrogen and oxygen atoms in total. The fraction of sp³-hybridized carbons (Fsp3) is 0.238. The van der Waals surface area contributed by atoms with Crippen LogP contribution in [0, 0.1) is 17.6 Å². The molecule has 2 aromatic carbocycles. The van der Waals surface area contributed by atoms with Gasteiger partial charge in [-0.2, -0.15) is 4.99 Å². The summed E-state index contributed by atoms with van der Waals surface area (Å²) in [5.74, 6) is -1.87. The predicted molar refractivity (Wildman–Crippen MR) is 108 cm³/mol. The van der Waals surface area contributed by atoms with Gasteiger partial charge in [0.25, 0.3) is 5.91 Å². The number of carbonyl (C=O) groups is 1. The van der Waals surface area contributed by atoms with E-state index in [9.17, 15) is 13.6 Å². The van der Waals surface area contributed by atoms with E-state index in [-0.39, 0.29) is 5.84 Å². The Labute approximate surface area is 172 Å². The molecule has 1 aliphatic carbocycles. The lowest BCUT2D eigenvalue weighted by molar-refractivity contribution is 0.0995. The smallest absolute Gasteiger partial charge is 0.284 e. The maximum absolute atomic E-state index is 13.6. The molecule has 0 unspecified atom stereocenters.